The summed E-state index contributed by atoms with van der Waals surface area (Å²) in [5.74, 6) is 0.118. The molecular formula is C18H17N3O2. The van der Waals surface area contributed by atoms with E-state index < -0.39 is 5.97 Å². The number of ether oxygens (including phenoxy) is 1. The molecule has 0 amide bonds. The monoisotopic (exact) mass is 307 g/mol. The fourth-order valence-corrected chi connectivity index (χ4v) is 2.53. The van der Waals surface area contributed by atoms with E-state index in [0.717, 1.165) is 16.6 Å². The third kappa shape index (κ3) is 2.85. The summed E-state index contributed by atoms with van der Waals surface area (Å²) < 4.78 is 4.77. The van der Waals surface area contributed by atoms with Gasteiger partial charge in [0, 0.05) is 16.5 Å². The van der Waals surface area contributed by atoms with E-state index in [2.05, 4.69) is 28.5 Å². The van der Waals surface area contributed by atoms with Crippen molar-refractivity contribution < 1.29 is 9.53 Å². The minimum atomic E-state index is -0.494. The number of anilines is 2. The summed E-state index contributed by atoms with van der Waals surface area (Å²) in [5, 5.41) is 13.0. The molecule has 2 aromatic carbocycles. The summed E-state index contributed by atoms with van der Waals surface area (Å²) in [7, 11) is 1.33. The Bertz CT molecular complexity index is 891. The maximum atomic E-state index is 11.8. The first-order chi connectivity index (χ1) is 11.1. The highest BCUT2D eigenvalue weighted by Gasteiger charge is 2.16. The van der Waals surface area contributed by atoms with Crippen molar-refractivity contribution in [3.63, 3.8) is 0 Å². The highest BCUT2D eigenvalue weighted by Crippen LogP contribution is 2.27. The second-order valence-electron chi connectivity index (χ2n) is 5.38. The Morgan fingerprint density at radius 1 is 1.04 bits per heavy atom. The van der Waals surface area contributed by atoms with Gasteiger partial charge in [0.25, 0.3) is 0 Å². The van der Waals surface area contributed by atoms with E-state index in [0.29, 0.717) is 11.2 Å². The number of hydrogen-bond donors (Lipinski definition) is 1. The zero-order valence-electron chi connectivity index (χ0n) is 13.3. The Kier molecular flexibility index (Phi) is 3.93. The molecule has 0 spiro atoms. The van der Waals surface area contributed by atoms with Crippen LogP contribution in [0.5, 0.6) is 0 Å². The molecule has 0 aliphatic rings. The van der Waals surface area contributed by atoms with E-state index in [4.69, 9.17) is 4.74 Å². The first-order valence-corrected chi connectivity index (χ1v) is 7.28. The molecule has 5 nitrogen and oxygen atoms in total. The fraction of sp³-hybridized carbons (Fsp3) is 0.167. The molecule has 0 atom stereocenters. The Hall–Kier alpha value is -2.95. The van der Waals surface area contributed by atoms with Gasteiger partial charge < -0.3 is 10.1 Å². The number of esters is 1. The Balaban J connectivity index is 2.10. The molecule has 3 aromatic rings. The van der Waals surface area contributed by atoms with E-state index in [9.17, 15) is 4.79 Å². The molecule has 0 fully saturated rings. The van der Waals surface area contributed by atoms with E-state index >= 15 is 0 Å². The maximum Gasteiger partial charge on any atom is 0.359 e. The van der Waals surface area contributed by atoms with Crippen LogP contribution in [0.4, 0.5) is 11.5 Å². The van der Waals surface area contributed by atoms with Gasteiger partial charge in [-0.25, -0.2) is 4.79 Å². The van der Waals surface area contributed by atoms with Crippen molar-refractivity contribution in [3.8, 4) is 0 Å². The van der Waals surface area contributed by atoms with Gasteiger partial charge in [0.15, 0.2) is 11.5 Å². The SMILES string of the molecule is COC(=O)c1nnc(Nc2ccc(C)cc2C)c2ccccc12. The first-order valence-electron chi connectivity index (χ1n) is 7.28. The zero-order valence-corrected chi connectivity index (χ0v) is 13.3. The van der Waals surface area contributed by atoms with Crippen LogP contribution >= 0.6 is 0 Å². The molecule has 0 saturated carbocycles. The Morgan fingerprint density at radius 3 is 2.48 bits per heavy atom. The van der Waals surface area contributed by atoms with Crippen molar-refractivity contribution in [2.24, 2.45) is 0 Å². The highest BCUT2D eigenvalue weighted by atomic mass is 16.5. The number of carbonyl (C=O) groups excluding carboxylic acids is 1. The smallest absolute Gasteiger partial charge is 0.359 e. The van der Waals surface area contributed by atoms with Crippen molar-refractivity contribution >= 4 is 28.2 Å². The number of nitrogens with zero attached hydrogens (tertiary/aromatic N) is 2. The molecule has 5 heteroatoms. The lowest BCUT2D eigenvalue weighted by molar-refractivity contribution is 0.0595. The molecule has 1 heterocycles. The summed E-state index contributed by atoms with van der Waals surface area (Å²) in [6.07, 6.45) is 0. The number of aromatic nitrogens is 2. The second kappa shape index (κ2) is 6.04. The van der Waals surface area contributed by atoms with Gasteiger partial charge in [0.1, 0.15) is 0 Å². The Labute approximate surface area is 134 Å². The number of benzene rings is 2. The molecule has 116 valence electrons. The van der Waals surface area contributed by atoms with Gasteiger partial charge in [0.2, 0.25) is 0 Å². The zero-order chi connectivity index (χ0) is 16.4. The number of carbonyl (C=O) groups is 1. The third-order valence-corrected chi connectivity index (χ3v) is 3.70. The van der Waals surface area contributed by atoms with Crippen LogP contribution in [0.2, 0.25) is 0 Å². The van der Waals surface area contributed by atoms with Crippen molar-refractivity contribution in [1.29, 1.82) is 0 Å². The average molecular weight is 307 g/mol. The number of rotatable bonds is 3. The molecule has 0 saturated heterocycles. The van der Waals surface area contributed by atoms with Gasteiger partial charge >= 0.3 is 5.97 Å². The average Bonchev–Trinajstić information content (AvgIpc) is 2.57. The molecule has 23 heavy (non-hydrogen) atoms. The topological polar surface area (TPSA) is 64.1 Å². The van der Waals surface area contributed by atoms with Gasteiger partial charge in [-0.3, -0.25) is 0 Å². The fourth-order valence-electron chi connectivity index (χ4n) is 2.53. The summed E-state index contributed by atoms with van der Waals surface area (Å²) in [4.78, 5) is 11.8. The minimum Gasteiger partial charge on any atom is -0.464 e. The quantitative estimate of drug-likeness (QED) is 0.746. The molecular weight excluding hydrogens is 290 g/mol. The first kappa shape index (κ1) is 15.0. The number of aryl methyl sites for hydroxylation is 2. The largest absolute Gasteiger partial charge is 0.464 e. The highest BCUT2D eigenvalue weighted by molar-refractivity contribution is 6.05. The third-order valence-electron chi connectivity index (χ3n) is 3.70. The van der Waals surface area contributed by atoms with E-state index in [1.165, 1.54) is 12.7 Å². The van der Waals surface area contributed by atoms with E-state index in [-0.39, 0.29) is 5.69 Å². The number of hydrogen-bond acceptors (Lipinski definition) is 5. The van der Waals surface area contributed by atoms with Crippen molar-refractivity contribution in [1.82, 2.24) is 10.2 Å². The van der Waals surface area contributed by atoms with Crippen LogP contribution < -0.4 is 5.32 Å². The minimum absolute atomic E-state index is 0.217. The Morgan fingerprint density at radius 2 is 1.78 bits per heavy atom. The van der Waals surface area contributed by atoms with Crippen LogP contribution in [-0.2, 0) is 4.74 Å². The normalized spacial score (nSPS) is 10.6. The molecule has 0 unspecified atom stereocenters. The summed E-state index contributed by atoms with van der Waals surface area (Å²) in [5.41, 5.74) is 3.49. The van der Waals surface area contributed by atoms with Crippen LogP contribution in [0.25, 0.3) is 10.8 Å². The van der Waals surface area contributed by atoms with Crippen molar-refractivity contribution in [3.05, 3.63) is 59.3 Å². The number of nitrogens with one attached hydrogen (secondary N) is 1. The van der Waals surface area contributed by atoms with E-state index in [1.54, 1.807) is 0 Å². The van der Waals surface area contributed by atoms with Gasteiger partial charge in [-0.15, -0.1) is 10.2 Å². The van der Waals surface area contributed by atoms with Crippen molar-refractivity contribution in [2.45, 2.75) is 13.8 Å². The number of fused-ring (bicyclic) bond motifs is 1. The van der Waals surface area contributed by atoms with E-state index in [1.807, 2.05) is 43.3 Å². The summed E-state index contributed by atoms with van der Waals surface area (Å²) >= 11 is 0. The molecule has 3 rings (SSSR count). The molecule has 0 aliphatic heterocycles. The van der Waals surface area contributed by atoms with Crippen LogP contribution in [0, 0.1) is 13.8 Å². The molecule has 1 N–H and O–H groups in total. The van der Waals surface area contributed by atoms with Gasteiger partial charge in [0.05, 0.1) is 7.11 Å². The second-order valence-corrected chi connectivity index (χ2v) is 5.38. The van der Waals surface area contributed by atoms with Gasteiger partial charge in [-0.1, -0.05) is 42.0 Å². The van der Waals surface area contributed by atoms with Crippen LogP contribution in [0.1, 0.15) is 21.6 Å². The molecule has 0 radical (unpaired) electrons. The lowest BCUT2D eigenvalue weighted by atomic mass is 10.1. The van der Waals surface area contributed by atoms with Crippen molar-refractivity contribution in [2.75, 3.05) is 12.4 Å². The summed E-state index contributed by atoms with van der Waals surface area (Å²) in [6.45, 7) is 4.09. The predicted octanol–water partition coefficient (Wildman–Crippen LogP) is 3.78. The standard InChI is InChI=1S/C18H17N3O2/c1-11-8-9-15(12(2)10-11)19-17-14-7-5-4-6-13(14)16(20-21-17)18(22)23-3/h4-10H,1-3H3,(H,19,21). The van der Waals surface area contributed by atoms with Crippen LogP contribution in [-0.4, -0.2) is 23.3 Å². The predicted molar refractivity (Wildman–Crippen MR) is 90.1 cm³/mol. The van der Waals surface area contributed by atoms with Gasteiger partial charge in [-0.05, 0) is 25.5 Å². The molecule has 1 aromatic heterocycles. The lowest BCUT2D eigenvalue weighted by Crippen LogP contribution is -2.08. The van der Waals surface area contributed by atoms with Crippen LogP contribution in [0.3, 0.4) is 0 Å². The summed E-state index contributed by atoms with van der Waals surface area (Å²) in [6, 6.07) is 13.6. The number of methoxy groups -OCH3 is 1. The van der Waals surface area contributed by atoms with Crippen LogP contribution in [0.15, 0.2) is 42.5 Å². The maximum absolute atomic E-state index is 11.8. The molecule has 0 bridgehead atoms. The lowest BCUT2D eigenvalue weighted by Gasteiger charge is -2.12. The van der Waals surface area contributed by atoms with Gasteiger partial charge in [-0.2, -0.15) is 0 Å². The molecule has 0 aliphatic carbocycles.